The monoisotopic (exact) mass is 274 g/mol. The molecular formula is C12H14N6O2. The fraction of sp³-hybridized carbons (Fsp3) is 0.167. The van der Waals surface area contributed by atoms with Crippen LogP contribution in [0.2, 0.25) is 0 Å². The minimum absolute atomic E-state index is 0.155. The molecule has 0 atom stereocenters. The quantitative estimate of drug-likeness (QED) is 0.560. The Morgan fingerprint density at radius 1 is 1.45 bits per heavy atom. The maximum Gasteiger partial charge on any atom is 0.329 e. The lowest BCUT2D eigenvalue weighted by Gasteiger charge is -2.07. The molecule has 0 bridgehead atoms. The standard InChI is InChI=1S/C12H14N6O2/c1-14-11-10(18(19)20)7-15-12(17-11)16-9-4-2-3-8(5-9)6-13/h2-5,7H,6,13H2,1H3,(H2,14,15,16,17). The zero-order valence-corrected chi connectivity index (χ0v) is 10.8. The van der Waals surface area contributed by atoms with E-state index in [1.807, 2.05) is 24.3 Å². The van der Waals surface area contributed by atoms with E-state index in [2.05, 4.69) is 20.6 Å². The minimum Gasteiger partial charge on any atom is -0.367 e. The lowest BCUT2D eigenvalue weighted by Crippen LogP contribution is -2.04. The zero-order chi connectivity index (χ0) is 14.5. The molecule has 0 spiro atoms. The third-order valence-corrected chi connectivity index (χ3v) is 2.62. The van der Waals surface area contributed by atoms with Crippen molar-refractivity contribution in [3.8, 4) is 0 Å². The van der Waals surface area contributed by atoms with Gasteiger partial charge < -0.3 is 16.4 Å². The van der Waals surface area contributed by atoms with Crippen LogP contribution in [0.15, 0.2) is 30.5 Å². The van der Waals surface area contributed by atoms with Crippen molar-refractivity contribution in [3.63, 3.8) is 0 Å². The smallest absolute Gasteiger partial charge is 0.329 e. The predicted octanol–water partition coefficient (Wildman–Crippen LogP) is 1.63. The number of anilines is 3. The highest BCUT2D eigenvalue weighted by Gasteiger charge is 2.15. The van der Waals surface area contributed by atoms with E-state index >= 15 is 0 Å². The molecule has 0 saturated heterocycles. The molecule has 20 heavy (non-hydrogen) atoms. The second-order valence-corrected chi connectivity index (χ2v) is 3.96. The summed E-state index contributed by atoms with van der Waals surface area (Å²) in [5, 5.41) is 16.4. The summed E-state index contributed by atoms with van der Waals surface area (Å²) >= 11 is 0. The van der Waals surface area contributed by atoms with Gasteiger partial charge in [-0.2, -0.15) is 4.98 Å². The van der Waals surface area contributed by atoms with Crippen LogP contribution in [-0.4, -0.2) is 21.9 Å². The molecule has 104 valence electrons. The van der Waals surface area contributed by atoms with E-state index < -0.39 is 4.92 Å². The van der Waals surface area contributed by atoms with Crippen LogP contribution in [0.3, 0.4) is 0 Å². The summed E-state index contributed by atoms with van der Waals surface area (Å²) in [5.41, 5.74) is 7.13. The minimum atomic E-state index is -0.537. The molecule has 1 aromatic carbocycles. The SMILES string of the molecule is CNc1nc(Nc2cccc(CN)c2)ncc1[N+](=O)[O-]. The van der Waals surface area contributed by atoms with Gasteiger partial charge in [0.05, 0.1) is 4.92 Å². The van der Waals surface area contributed by atoms with E-state index in [0.717, 1.165) is 17.4 Å². The van der Waals surface area contributed by atoms with Gasteiger partial charge in [-0.15, -0.1) is 0 Å². The highest BCUT2D eigenvalue weighted by atomic mass is 16.6. The van der Waals surface area contributed by atoms with Gasteiger partial charge in [0, 0.05) is 19.3 Å². The molecule has 4 N–H and O–H groups in total. The number of nitrogens with zero attached hydrogens (tertiary/aromatic N) is 3. The summed E-state index contributed by atoms with van der Waals surface area (Å²) < 4.78 is 0. The Balaban J connectivity index is 2.27. The van der Waals surface area contributed by atoms with Gasteiger partial charge in [0.25, 0.3) is 0 Å². The lowest BCUT2D eigenvalue weighted by molar-refractivity contribution is -0.384. The van der Waals surface area contributed by atoms with Crippen molar-refractivity contribution in [1.82, 2.24) is 9.97 Å². The second kappa shape index (κ2) is 5.93. The fourth-order valence-corrected chi connectivity index (χ4v) is 1.66. The maximum atomic E-state index is 10.8. The third kappa shape index (κ3) is 2.98. The van der Waals surface area contributed by atoms with Crippen LogP contribution in [-0.2, 0) is 6.54 Å². The molecule has 0 fully saturated rings. The first-order chi connectivity index (χ1) is 9.63. The average molecular weight is 274 g/mol. The first kappa shape index (κ1) is 13.7. The van der Waals surface area contributed by atoms with Crippen molar-refractivity contribution in [3.05, 3.63) is 46.1 Å². The van der Waals surface area contributed by atoms with Crippen molar-refractivity contribution < 1.29 is 4.92 Å². The maximum absolute atomic E-state index is 10.8. The summed E-state index contributed by atoms with van der Waals surface area (Å²) in [5.74, 6) is 0.427. The summed E-state index contributed by atoms with van der Waals surface area (Å²) in [6.45, 7) is 0.429. The Hall–Kier alpha value is -2.74. The highest BCUT2D eigenvalue weighted by molar-refractivity contribution is 5.60. The molecule has 2 rings (SSSR count). The van der Waals surface area contributed by atoms with Gasteiger partial charge in [-0.25, -0.2) is 4.98 Å². The molecule has 0 amide bonds. The molecule has 0 aliphatic heterocycles. The van der Waals surface area contributed by atoms with Crippen LogP contribution in [0.5, 0.6) is 0 Å². The Kier molecular flexibility index (Phi) is 4.06. The van der Waals surface area contributed by atoms with Crippen molar-refractivity contribution >= 4 is 23.1 Å². The molecule has 1 heterocycles. The topological polar surface area (TPSA) is 119 Å². The third-order valence-electron chi connectivity index (χ3n) is 2.62. The summed E-state index contributed by atoms with van der Waals surface area (Å²) in [6, 6.07) is 7.46. The van der Waals surface area contributed by atoms with Crippen molar-refractivity contribution in [2.75, 3.05) is 17.7 Å². The zero-order valence-electron chi connectivity index (χ0n) is 10.8. The molecule has 0 unspecified atom stereocenters. The van der Waals surface area contributed by atoms with Gasteiger partial charge in [-0.3, -0.25) is 10.1 Å². The fourth-order valence-electron chi connectivity index (χ4n) is 1.66. The first-order valence-corrected chi connectivity index (χ1v) is 5.89. The van der Waals surface area contributed by atoms with Gasteiger partial charge in [0.1, 0.15) is 6.20 Å². The molecule has 1 aromatic heterocycles. The molecule has 0 saturated carbocycles. The van der Waals surface area contributed by atoms with E-state index in [1.54, 1.807) is 7.05 Å². The van der Waals surface area contributed by atoms with Crippen LogP contribution in [0.25, 0.3) is 0 Å². The van der Waals surface area contributed by atoms with E-state index in [9.17, 15) is 10.1 Å². The van der Waals surface area contributed by atoms with Crippen LogP contribution < -0.4 is 16.4 Å². The molecule has 8 nitrogen and oxygen atoms in total. The Bertz CT molecular complexity index is 631. The van der Waals surface area contributed by atoms with E-state index in [1.165, 1.54) is 0 Å². The van der Waals surface area contributed by atoms with Crippen LogP contribution >= 0.6 is 0 Å². The number of nitro groups is 1. The Labute approximate surface area is 115 Å². The molecule has 0 aliphatic carbocycles. The van der Waals surface area contributed by atoms with Gasteiger partial charge in [0.2, 0.25) is 11.8 Å². The molecule has 8 heteroatoms. The Morgan fingerprint density at radius 3 is 2.90 bits per heavy atom. The normalized spacial score (nSPS) is 10.1. The van der Waals surface area contributed by atoms with Gasteiger partial charge in [-0.1, -0.05) is 12.1 Å². The largest absolute Gasteiger partial charge is 0.367 e. The summed E-state index contributed by atoms with van der Waals surface area (Å²) in [6.07, 6.45) is 1.16. The predicted molar refractivity (Wildman–Crippen MR) is 75.8 cm³/mol. The number of nitrogens with two attached hydrogens (primary N) is 1. The van der Waals surface area contributed by atoms with Gasteiger partial charge >= 0.3 is 5.69 Å². The number of aromatic nitrogens is 2. The van der Waals surface area contributed by atoms with Crippen LogP contribution in [0.1, 0.15) is 5.56 Å². The molecule has 2 aromatic rings. The number of nitrogens with one attached hydrogen (secondary N) is 2. The second-order valence-electron chi connectivity index (χ2n) is 3.96. The highest BCUT2D eigenvalue weighted by Crippen LogP contribution is 2.23. The van der Waals surface area contributed by atoms with Crippen molar-refractivity contribution in [1.29, 1.82) is 0 Å². The first-order valence-electron chi connectivity index (χ1n) is 5.89. The number of benzene rings is 1. The number of rotatable bonds is 5. The van der Waals surface area contributed by atoms with Crippen molar-refractivity contribution in [2.45, 2.75) is 6.54 Å². The molecule has 0 aliphatic rings. The van der Waals surface area contributed by atoms with E-state index in [0.29, 0.717) is 6.54 Å². The Morgan fingerprint density at radius 2 is 2.25 bits per heavy atom. The number of hydrogen-bond donors (Lipinski definition) is 3. The van der Waals surface area contributed by atoms with Crippen molar-refractivity contribution in [2.24, 2.45) is 5.73 Å². The lowest BCUT2D eigenvalue weighted by atomic mass is 10.2. The number of hydrogen-bond acceptors (Lipinski definition) is 7. The van der Waals surface area contributed by atoms with E-state index in [4.69, 9.17) is 5.73 Å². The van der Waals surface area contributed by atoms with Gasteiger partial charge in [0.15, 0.2) is 0 Å². The van der Waals surface area contributed by atoms with Crippen LogP contribution in [0, 0.1) is 10.1 Å². The molecule has 0 radical (unpaired) electrons. The average Bonchev–Trinajstić information content (AvgIpc) is 2.47. The summed E-state index contributed by atoms with van der Waals surface area (Å²) in [7, 11) is 1.56. The van der Waals surface area contributed by atoms with Crippen LogP contribution in [0.4, 0.5) is 23.1 Å². The van der Waals surface area contributed by atoms with E-state index in [-0.39, 0.29) is 17.5 Å². The summed E-state index contributed by atoms with van der Waals surface area (Å²) in [4.78, 5) is 18.2. The molecular weight excluding hydrogens is 260 g/mol. The van der Waals surface area contributed by atoms with Gasteiger partial charge in [-0.05, 0) is 17.7 Å².